The lowest BCUT2D eigenvalue weighted by molar-refractivity contribution is 0.756. The average molecular weight is 207 g/mol. The molecule has 0 fully saturated rings. The topological polar surface area (TPSA) is 22.8 Å². The van der Waals surface area contributed by atoms with Gasteiger partial charge in [-0.1, -0.05) is 7.43 Å². The standard InChI is InChI=1S/C6H9N.C5H8N2.CH4/c1-6-3-4-7(2)5-6;1-5-3-4-7(2)6-5;/h3-5H,1-2H3;3-4H,1-2H3;1H4. The molecule has 15 heavy (non-hydrogen) atoms. The van der Waals surface area contributed by atoms with E-state index in [0.717, 1.165) is 5.69 Å². The molecule has 0 atom stereocenters. The van der Waals surface area contributed by atoms with Gasteiger partial charge in [-0.05, 0) is 31.5 Å². The Balaban J connectivity index is 0.000000245. The van der Waals surface area contributed by atoms with E-state index >= 15 is 0 Å². The molecule has 3 nitrogen and oxygen atoms in total. The summed E-state index contributed by atoms with van der Waals surface area (Å²) in [7, 11) is 3.93. The second-order valence-electron chi connectivity index (χ2n) is 3.49. The molecule has 0 aliphatic carbocycles. The van der Waals surface area contributed by atoms with Gasteiger partial charge in [0.1, 0.15) is 0 Å². The van der Waals surface area contributed by atoms with Crippen molar-refractivity contribution < 1.29 is 0 Å². The van der Waals surface area contributed by atoms with Crippen LogP contribution in [0, 0.1) is 13.8 Å². The van der Waals surface area contributed by atoms with Crippen molar-refractivity contribution in [1.29, 1.82) is 0 Å². The molecule has 0 aromatic carbocycles. The molecule has 0 bridgehead atoms. The Morgan fingerprint density at radius 1 is 1.07 bits per heavy atom. The van der Waals surface area contributed by atoms with Gasteiger partial charge in [0.15, 0.2) is 0 Å². The predicted octanol–water partition coefficient (Wildman–Crippen LogP) is 2.70. The normalized spacial score (nSPS) is 8.80. The van der Waals surface area contributed by atoms with Crippen LogP contribution in [0.25, 0.3) is 0 Å². The highest BCUT2D eigenvalue weighted by Gasteiger charge is 1.82. The van der Waals surface area contributed by atoms with Crippen LogP contribution >= 0.6 is 0 Å². The molecule has 3 heteroatoms. The van der Waals surface area contributed by atoms with Gasteiger partial charge in [0.2, 0.25) is 0 Å². The van der Waals surface area contributed by atoms with Crippen LogP contribution in [-0.4, -0.2) is 14.3 Å². The largest absolute Gasteiger partial charge is 0.357 e. The minimum absolute atomic E-state index is 0. The Labute approximate surface area is 92.4 Å². The monoisotopic (exact) mass is 207 g/mol. The van der Waals surface area contributed by atoms with Crippen molar-refractivity contribution in [1.82, 2.24) is 14.3 Å². The highest BCUT2D eigenvalue weighted by atomic mass is 15.2. The minimum atomic E-state index is 0. The molecular weight excluding hydrogens is 186 g/mol. The van der Waals surface area contributed by atoms with Gasteiger partial charge in [-0.15, -0.1) is 0 Å². The fourth-order valence-corrected chi connectivity index (χ4v) is 1.17. The van der Waals surface area contributed by atoms with Crippen molar-refractivity contribution in [3.63, 3.8) is 0 Å². The van der Waals surface area contributed by atoms with Crippen LogP contribution in [-0.2, 0) is 14.1 Å². The lowest BCUT2D eigenvalue weighted by Gasteiger charge is -1.80. The molecule has 0 unspecified atom stereocenters. The van der Waals surface area contributed by atoms with E-state index in [1.807, 2.05) is 44.0 Å². The second-order valence-corrected chi connectivity index (χ2v) is 3.49. The van der Waals surface area contributed by atoms with Crippen LogP contribution in [0.4, 0.5) is 0 Å². The first kappa shape index (κ1) is 13.5. The highest BCUT2D eigenvalue weighted by molar-refractivity contribution is 5.06. The van der Waals surface area contributed by atoms with Gasteiger partial charge in [0, 0.05) is 32.7 Å². The van der Waals surface area contributed by atoms with E-state index in [-0.39, 0.29) is 7.43 Å². The molecule has 2 aromatic heterocycles. The molecule has 0 N–H and O–H groups in total. The van der Waals surface area contributed by atoms with Crippen LogP contribution in [0.15, 0.2) is 30.7 Å². The third kappa shape index (κ3) is 5.05. The third-order valence-corrected chi connectivity index (χ3v) is 1.83. The van der Waals surface area contributed by atoms with Crippen molar-refractivity contribution in [3.8, 4) is 0 Å². The van der Waals surface area contributed by atoms with E-state index in [9.17, 15) is 0 Å². The molecule has 0 spiro atoms. The Hall–Kier alpha value is -1.51. The lowest BCUT2D eigenvalue weighted by Crippen LogP contribution is -1.86. The zero-order valence-electron chi connectivity index (χ0n) is 9.23. The highest BCUT2D eigenvalue weighted by Crippen LogP contribution is 1.93. The van der Waals surface area contributed by atoms with Crippen molar-refractivity contribution in [2.75, 3.05) is 0 Å². The first-order valence-electron chi connectivity index (χ1n) is 4.63. The van der Waals surface area contributed by atoms with Crippen LogP contribution in [0.1, 0.15) is 18.7 Å². The summed E-state index contributed by atoms with van der Waals surface area (Å²) in [4.78, 5) is 0. The van der Waals surface area contributed by atoms with E-state index in [4.69, 9.17) is 0 Å². The lowest BCUT2D eigenvalue weighted by atomic mass is 10.4. The van der Waals surface area contributed by atoms with Gasteiger partial charge in [-0.25, -0.2) is 0 Å². The summed E-state index contributed by atoms with van der Waals surface area (Å²) in [5, 5.41) is 4.03. The minimum Gasteiger partial charge on any atom is -0.357 e. The maximum absolute atomic E-state index is 4.03. The number of aromatic nitrogens is 3. The zero-order valence-corrected chi connectivity index (χ0v) is 9.23. The fourth-order valence-electron chi connectivity index (χ4n) is 1.17. The van der Waals surface area contributed by atoms with Gasteiger partial charge >= 0.3 is 0 Å². The van der Waals surface area contributed by atoms with Crippen LogP contribution < -0.4 is 0 Å². The fraction of sp³-hybridized carbons (Fsp3) is 0.417. The first-order chi connectivity index (χ1) is 6.58. The SMILES string of the molecule is C.Cc1ccn(C)c1.Cc1ccn(C)n1. The number of aryl methyl sites for hydroxylation is 4. The summed E-state index contributed by atoms with van der Waals surface area (Å²) >= 11 is 0. The van der Waals surface area contributed by atoms with E-state index < -0.39 is 0 Å². The van der Waals surface area contributed by atoms with Crippen molar-refractivity contribution in [2.45, 2.75) is 21.3 Å². The molecule has 2 aromatic rings. The van der Waals surface area contributed by atoms with Gasteiger partial charge < -0.3 is 4.57 Å². The Bertz CT molecular complexity index is 314. The van der Waals surface area contributed by atoms with E-state index in [0.29, 0.717) is 0 Å². The Kier molecular flexibility index (Phi) is 5.45. The first-order valence-corrected chi connectivity index (χ1v) is 4.63. The predicted molar refractivity (Wildman–Crippen MR) is 64.8 cm³/mol. The summed E-state index contributed by atoms with van der Waals surface area (Å²) in [6.07, 6.45) is 6.05. The summed E-state index contributed by atoms with van der Waals surface area (Å²) in [6.45, 7) is 4.06. The molecule has 2 heterocycles. The number of nitrogens with zero attached hydrogens (tertiary/aromatic N) is 3. The summed E-state index contributed by atoms with van der Waals surface area (Å²) in [6, 6.07) is 4.06. The summed E-state index contributed by atoms with van der Waals surface area (Å²) in [5.74, 6) is 0. The van der Waals surface area contributed by atoms with Crippen LogP contribution in [0.3, 0.4) is 0 Å². The van der Waals surface area contributed by atoms with Crippen molar-refractivity contribution in [3.05, 3.63) is 42.0 Å². The molecular formula is C12H21N3. The molecule has 0 aliphatic rings. The average Bonchev–Trinajstić information content (AvgIpc) is 2.63. The summed E-state index contributed by atoms with van der Waals surface area (Å²) < 4.78 is 3.82. The van der Waals surface area contributed by atoms with Crippen molar-refractivity contribution >= 4 is 0 Å². The molecule has 0 saturated carbocycles. The van der Waals surface area contributed by atoms with Gasteiger partial charge in [-0.2, -0.15) is 5.10 Å². The van der Waals surface area contributed by atoms with Gasteiger partial charge in [0.25, 0.3) is 0 Å². The number of hydrogen-bond acceptors (Lipinski definition) is 1. The second kappa shape index (κ2) is 6.06. The molecule has 84 valence electrons. The molecule has 2 rings (SSSR count). The van der Waals surface area contributed by atoms with Gasteiger partial charge in [0.05, 0.1) is 5.69 Å². The Morgan fingerprint density at radius 3 is 1.87 bits per heavy atom. The quantitative estimate of drug-likeness (QED) is 0.651. The van der Waals surface area contributed by atoms with E-state index in [2.05, 4.69) is 24.3 Å². The summed E-state index contributed by atoms with van der Waals surface area (Å²) in [5.41, 5.74) is 2.39. The smallest absolute Gasteiger partial charge is 0.0593 e. The zero-order chi connectivity index (χ0) is 10.6. The van der Waals surface area contributed by atoms with Crippen LogP contribution in [0.5, 0.6) is 0 Å². The van der Waals surface area contributed by atoms with E-state index in [1.165, 1.54) is 5.56 Å². The van der Waals surface area contributed by atoms with Gasteiger partial charge in [-0.3, -0.25) is 4.68 Å². The molecule has 0 radical (unpaired) electrons. The third-order valence-electron chi connectivity index (χ3n) is 1.83. The van der Waals surface area contributed by atoms with Crippen LogP contribution in [0.2, 0.25) is 0 Å². The maximum Gasteiger partial charge on any atom is 0.0593 e. The molecule has 0 aliphatic heterocycles. The number of hydrogen-bond donors (Lipinski definition) is 0. The molecule has 0 saturated heterocycles. The molecule has 0 amide bonds. The Morgan fingerprint density at radius 2 is 1.73 bits per heavy atom. The maximum atomic E-state index is 4.03. The number of rotatable bonds is 0. The van der Waals surface area contributed by atoms with E-state index in [1.54, 1.807) is 4.68 Å². The van der Waals surface area contributed by atoms with Crippen molar-refractivity contribution in [2.24, 2.45) is 14.1 Å².